The van der Waals surface area contributed by atoms with Gasteiger partial charge in [0.25, 0.3) is 5.91 Å². The van der Waals surface area contributed by atoms with Crippen LogP contribution in [0.15, 0.2) is 0 Å². The third-order valence-corrected chi connectivity index (χ3v) is 5.65. The molecule has 5 nitrogen and oxygen atoms in total. The van der Waals surface area contributed by atoms with Gasteiger partial charge in [0.2, 0.25) is 0 Å². The Kier molecular flexibility index (Phi) is 3.90. The van der Waals surface area contributed by atoms with E-state index in [1.807, 2.05) is 0 Å². The molecule has 1 saturated carbocycles. The SMILES string of the molecule is O=C([C@@H]1C[C@H]2CCN(CC3CCC3)C[C@@H]2O1)N1CCCO1. The minimum atomic E-state index is -0.262. The Morgan fingerprint density at radius 3 is 2.76 bits per heavy atom. The summed E-state index contributed by atoms with van der Waals surface area (Å²) in [6.07, 6.45) is 7.23. The second kappa shape index (κ2) is 5.86. The van der Waals surface area contributed by atoms with Gasteiger partial charge in [-0.25, -0.2) is 5.06 Å². The molecular formula is C16H26N2O3. The highest BCUT2D eigenvalue weighted by Gasteiger charge is 2.44. The lowest BCUT2D eigenvalue weighted by Gasteiger charge is -2.38. The molecule has 0 radical (unpaired) electrons. The van der Waals surface area contributed by atoms with E-state index >= 15 is 0 Å². The van der Waals surface area contributed by atoms with Gasteiger partial charge in [-0.05, 0) is 50.5 Å². The molecule has 118 valence electrons. The van der Waals surface area contributed by atoms with E-state index in [0.717, 1.165) is 31.8 Å². The van der Waals surface area contributed by atoms with Crippen molar-refractivity contribution >= 4 is 5.91 Å². The van der Waals surface area contributed by atoms with Crippen molar-refractivity contribution in [3.05, 3.63) is 0 Å². The lowest BCUT2D eigenvalue weighted by atomic mass is 9.84. The first-order valence-corrected chi connectivity index (χ1v) is 8.62. The number of hydrogen-bond donors (Lipinski definition) is 0. The molecule has 0 aromatic rings. The Balaban J connectivity index is 1.31. The number of likely N-dealkylation sites (tertiary alicyclic amines) is 1. The standard InChI is InChI=1S/C16H26N2O3/c19-16(18-6-2-8-20-18)14-9-13-5-7-17(11-15(13)21-14)10-12-3-1-4-12/h12-15H,1-11H2/t13-,14+,15+/m1/s1. The van der Waals surface area contributed by atoms with E-state index in [-0.39, 0.29) is 18.1 Å². The number of piperidine rings is 1. The summed E-state index contributed by atoms with van der Waals surface area (Å²) in [4.78, 5) is 20.3. The minimum absolute atomic E-state index is 0.0486. The van der Waals surface area contributed by atoms with Crippen LogP contribution in [0.4, 0.5) is 0 Å². The van der Waals surface area contributed by atoms with E-state index in [1.54, 1.807) is 0 Å². The Hall–Kier alpha value is -0.650. The van der Waals surface area contributed by atoms with Gasteiger partial charge >= 0.3 is 0 Å². The summed E-state index contributed by atoms with van der Waals surface area (Å²) in [6.45, 7) is 4.83. The Bertz CT molecular complexity index is 393. The van der Waals surface area contributed by atoms with Gasteiger partial charge in [-0.2, -0.15) is 0 Å². The van der Waals surface area contributed by atoms with Crippen LogP contribution in [0.3, 0.4) is 0 Å². The molecule has 0 bridgehead atoms. The average Bonchev–Trinajstić information content (AvgIpc) is 3.10. The number of nitrogens with zero attached hydrogens (tertiary/aromatic N) is 2. The Labute approximate surface area is 126 Å². The summed E-state index contributed by atoms with van der Waals surface area (Å²) in [5, 5.41) is 1.52. The lowest BCUT2D eigenvalue weighted by Crippen LogP contribution is -2.45. The van der Waals surface area contributed by atoms with Crippen LogP contribution >= 0.6 is 0 Å². The molecular weight excluding hydrogens is 268 g/mol. The zero-order valence-corrected chi connectivity index (χ0v) is 12.7. The largest absolute Gasteiger partial charge is 0.363 e. The second-order valence-corrected chi connectivity index (χ2v) is 7.13. The minimum Gasteiger partial charge on any atom is -0.363 e. The molecule has 0 N–H and O–H groups in total. The van der Waals surface area contributed by atoms with E-state index < -0.39 is 0 Å². The van der Waals surface area contributed by atoms with Crippen molar-refractivity contribution in [1.82, 2.24) is 9.96 Å². The lowest BCUT2D eigenvalue weighted by molar-refractivity contribution is -0.180. The number of rotatable bonds is 3. The summed E-state index contributed by atoms with van der Waals surface area (Å²) in [7, 11) is 0. The summed E-state index contributed by atoms with van der Waals surface area (Å²) in [6, 6.07) is 0. The van der Waals surface area contributed by atoms with Gasteiger partial charge < -0.3 is 9.64 Å². The highest BCUT2D eigenvalue weighted by Crippen LogP contribution is 2.36. The Morgan fingerprint density at radius 1 is 1.14 bits per heavy atom. The molecule has 0 spiro atoms. The molecule has 4 aliphatic rings. The van der Waals surface area contributed by atoms with Crippen molar-refractivity contribution in [2.45, 2.75) is 50.7 Å². The van der Waals surface area contributed by atoms with Gasteiger partial charge in [-0.15, -0.1) is 0 Å². The van der Waals surface area contributed by atoms with Gasteiger partial charge in [0, 0.05) is 13.1 Å². The molecule has 1 amide bonds. The molecule has 0 unspecified atom stereocenters. The molecule has 3 atom stereocenters. The number of amides is 1. The third-order valence-electron chi connectivity index (χ3n) is 5.65. The van der Waals surface area contributed by atoms with Crippen LogP contribution in [0, 0.1) is 11.8 Å². The van der Waals surface area contributed by atoms with E-state index in [1.165, 1.54) is 43.8 Å². The van der Waals surface area contributed by atoms with Crippen LogP contribution in [-0.2, 0) is 14.4 Å². The van der Waals surface area contributed by atoms with Gasteiger partial charge in [-0.3, -0.25) is 9.63 Å². The first-order valence-electron chi connectivity index (χ1n) is 8.62. The summed E-state index contributed by atoms with van der Waals surface area (Å²) in [5.74, 6) is 1.53. The van der Waals surface area contributed by atoms with Crippen LogP contribution in [0.5, 0.6) is 0 Å². The fraction of sp³-hybridized carbons (Fsp3) is 0.938. The number of ether oxygens (including phenoxy) is 1. The van der Waals surface area contributed by atoms with Gasteiger partial charge in [0.15, 0.2) is 0 Å². The molecule has 21 heavy (non-hydrogen) atoms. The zero-order valence-electron chi connectivity index (χ0n) is 12.7. The zero-order chi connectivity index (χ0) is 14.2. The quantitative estimate of drug-likeness (QED) is 0.790. The summed E-state index contributed by atoms with van der Waals surface area (Å²) < 4.78 is 6.09. The van der Waals surface area contributed by atoms with Gasteiger partial charge in [0.05, 0.1) is 19.3 Å². The predicted molar refractivity (Wildman–Crippen MR) is 77.4 cm³/mol. The molecule has 3 saturated heterocycles. The van der Waals surface area contributed by atoms with E-state index in [4.69, 9.17) is 9.57 Å². The molecule has 5 heteroatoms. The van der Waals surface area contributed by atoms with Crippen molar-refractivity contribution in [1.29, 1.82) is 0 Å². The fourth-order valence-electron chi connectivity index (χ4n) is 4.14. The maximum atomic E-state index is 12.4. The van der Waals surface area contributed by atoms with Gasteiger partial charge in [-0.1, -0.05) is 6.42 Å². The fourth-order valence-corrected chi connectivity index (χ4v) is 4.14. The molecule has 1 aliphatic carbocycles. The number of hydrogen-bond acceptors (Lipinski definition) is 4. The normalized spacial score (nSPS) is 37.5. The third kappa shape index (κ3) is 2.83. The van der Waals surface area contributed by atoms with E-state index in [9.17, 15) is 4.79 Å². The number of carbonyl (C=O) groups is 1. The van der Waals surface area contributed by atoms with E-state index in [2.05, 4.69) is 4.90 Å². The first kappa shape index (κ1) is 14.0. The average molecular weight is 294 g/mol. The van der Waals surface area contributed by atoms with Crippen molar-refractivity contribution in [2.24, 2.45) is 11.8 Å². The molecule has 3 aliphatic heterocycles. The second-order valence-electron chi connectivity index (χ2n) is 7.13. The van der Waals surface area contributed by atoms with Crippen molar-refractivity contribution in [3.63, 3.8) is 0 Å². The highest BCUT2D eigenvalue weighted by atomic mass is 16.7. The highest BCUT2D eigenvalue weighted by molar-refractivity contribution is 5.80. The van der Waals surface area contributed by atoms with E-state index in [0.29, 0.717) is 12.5 Å². The van der Waals surface area contributed by atoms with Crippen molar-refractivity contribution in [2.75, 3.05) is 32.8 Å². The van der Waals surface area contributed by atoms with Crippen LogP contribution in [0.2, 0.25) is 0 Å². The number of fused-ring (bicyclic) bond motifs is 1. The summed E-state index contributed by atoms with van der Waals surface area (Å²) >= 11 is 0. The van der Waals surface area contributed by atoms with Crippen LogP contribution in [0.1, 0.15) is 38.5 Å². The first-order chi connectivity index (χ1) is 10.3. The van der Waals surface area contributed by atoms with Crippen molar-refractivity contribution in [3.8, 4) is 0 Å². The maximum absolute atomic E-state index is 12.4. The molecule has 3 heterocycles. The molecule has 0 aromatic carbocycles. The van der Waals surface area contributed by atoms with Crippen LogP contribution < -0.4 is 0 Å². The Morgan fingerprint density at radius 2 is 2.05 bits per heavy atom. The molecule has 4 rings (SSSR count). The van der Waals surface area contributed by atoms with Gasteiger partial charge in [0.1, 0.15) is 6.10 Å². The maximum Gasteiger partial charge on any atom is 0.275 e. The summed E-state index contributed by atoms with van der Waals surface area (Å²) in [5.41, 5.74) is 0. The monoisotopic (exact) mass is 294 g/mol. The van der Waals surface area contributed by atoms with Crippen molar-refractivity contribution < 1.29 is 14.4 Å². The topological polar surface area (TPSA) is 42.0 Å². The number of hydroxylamine groups is 2. The number of carbonyl (C=O) groups excluding carboxylic acids is 1. The van der Waals surface area contributed by atoms with Crippen LogP contribution in [0.25, 0.3) is 0 Å². The molecule has 0 aromatic heterocycles. The smallest absolute Gasteiger partial charge is 0.275 e. The van der Waals surface area contributed by atoms with Crippen LogP contribution in [-0.4, -0.2) is 60.9 Å². The predicted octanol–water partition coefficient (Wildman–Crippen LogP) is 1.43. The molecule has 4 fully saturated rings.